The summed E-state index contributed by atoms with van der Waals surface area (Å²) < 4.78 is 0. The Kier molecular flexibility index (Phi) is 4.44. The zero-order valence-electron chi connectivity index (χ0n) is 13.8. The molecule has 2 amide bonds. The number of thioether (sulfide) groups is 1. The van der Waals surface area contributed by atoms with Gasteiger partial charge in [0.15, 0.2) is 0 Å². The lowest BCUT2D eigenvalue weighted by Gasteiger charge is -2.30. The maximum Gasteiger partial charge on any atom is 0.240 e. The summed E-state index contributed by atoms with van der Waals surface area (Å²) in [6, 6.07) is 11.9. The Morgan fingerprint density at radius 1 is 1.28 bits per heavy atom. The van der Waals surface area contributed by atoms with Crippen LogP contribution in [0.15, 0.2) is 47.6 Å². The van der Waals surface area contributed by atoms with Gasteiger partial charge in [0.1, 0.15) is 11.6 Å². The number of benzene rings is 1. The van der Waals surface area contributed by atoms with Crippen LogP contribution in [0, 0.1) is 0 Å². The van der Waals surface area contributed by atoms with Gasteiger partial charge >= 0.3 is 0 Å². The smallest absolute Gasteiger partial charge is 0.240 e. The van der Waals surface area contributed by atoms with Gasteiger partial charge in [0.05, 0.1) is 17.5 Å². The van der Waals surface area contributed by atoms with Crippen molar-refractivity contribution in [1.82, 2.24) is 10.3 Å². The van der Waals surface area contributed by atoms with E-state index in [1.165, 1.54) is 22.9 Å². The van der Waals surface area contributed by atoms with Crippen LogP contribution in [0.4, 0.5) is 5.69 Å². The Hall–Kier alpha value is -2.34. The van der Waals surface area contributed by atoms with Crippen molar-refractivity contribution in [3.8, 4) is 0 Å². The van der Waals surface area contributed by atoms with Crippen molar-refractivity contribution < 1.29 is 9.59 Å². The van der Waals surface area contributed by atoms with Crippen LogP contribution in [0.1, 0.15) is 30.0 Å². The molecule has 1 aromatic carbocycles. The molecule has 0 saturated carbocycles. The van der Waals surface area contributed by atoms with Gasteiger partial charge in [-0.1, -0.05) is 36.0 Å². The van der Waals surface area contributed by atoms with E-state index in [2.05, 4.69) is 22.4 Å². The summed E-state index contributed by atoms with van der Waals surface area (Å²) in [4.78, 5) is 30.7. The maximum absolute atomic E-state index is 12.6. The average Bonchev–Trinajstić information content (AvgIpc) is 2.64. The van der Waals surface area contributed by atoms with Gasteiger partial charge in [-0.2, -0.15) is 0 Å². The minimum Gasteiger partial charge on any atom is -0.348 e. The summed E-state index contributed by atoms with van der Waals surface area (Å²) in [6.45, 7) is 0.0384. The fourth-order valence-electron chi connectivity index (χ4n) is 3.50. The molecule has 1 aliphatic carbocycles. The molecule has 6 heteroatoms. The van der Waals surface area contributed by atoms with E-state index in [4.69, 9.17) is 0 Å². The number of aromatic nitrogens is 1. The van der Waals surface area contributed by atoms with Gasteiger partial charge < -0.3 is 5.32 Å². The number of amides is 2. The normalized spacial score (nSPS) is 19.1. The molecule has 0 saturated heterocycles. The van der Waals surface area contributed by atoms with Crippen molar-refractivity contribution in [3.63, 3.8) is 0 Å². The van der Waals surface area contributed by atoms with E-state index in [1.54, 1.807) is 17.2 Å². The Morgan fingerprint density at radius 2 is 2.16 bits per heavy atom. The first-order chi connectivity index (χ1) is 12.2. The van der Waals surface area contributed by atoms with Gasteiger partial charge in [-0.05, 0) is 42.5 Å². The third-order valence-electron chi connectivity index (χ3n) is 4.68. The van der Waals surface area contributed by atoms with Crippen LogP contribution >= 0.6 is 11.8 Å². The van der Waals surface area contributed by atoms with Crippen molar-refractivity contribution in [2.45, 2.75) is 30.3 Å². The highest BCUT2D eigenvalue weighted by atomic mass is 32.2. The number of carbonyl (C=O) groups excluding carboxylic acids is 2. The predicted octanol–water partition coefficient (Wildman–Crippen LogP) is 2.71. The van der Waals surface area contributed by atoms with Crippen LogP contribution < -0.4 is 10.2 Å². The molecular weight excluding hydrogens is 334 g/mol. The molecule has 25 heavy (non-hydrogen) atoms. The fourth-order valence-corrected chi connectivity index (χ4v) is 4.38. The topological polar surface area (TPSA) is 62.3 Å². The number of pyridine rings is 1. The largest absolute Gasteiger partial charge is 0.348 e. The summed E-state index contributed by atoms with van der Waals surface area (Å²) in [7, 11) is 0. The zero-order chi connectivity index (χ0) is 17.2. The van der Waals surface area contributed by atoms with Crippen molar-refractivity contribution in [1.29, 1.82) is 0 Å². The number of hydrogen-bond donors (Lipinski definition) is 1. The minimum atomic E-state index is -0.128. The van der Waals surface area contributed by atoms with Crippen LogP contribution in [0.2, 0.25) is 0 Å². The third-order valence-corrected chi connectivity index (χ3v) is 5.66. The van der Waals surface area contributed by atoms with Crippen molar-refractivity contribution in [3.05, 3.63) is 53.7 Å². The first kappa shape index (κ1) is 16.1. The molecule has 1 aliphatic heterocycles. The first-order valence-corrected chi connectivity index (χ1v) is 9.46. The van der Waals surface area contributed by atoms with Crippen molar-refractivity contribution >= 4 is 29.3 Å². The summed E-state index contributed by atoms with van der Waals surface area (Å²) >= 11 is 1.42. The number of carbonyl (C=O) groups is 2. The molecule has 5 nitrogen and oxygen atoms in total. The minimum absolute atomic E-state index is 0.0279. The molecule has 1 atom stereocenters. The van der Waals surface area contributed by atoms with E-state index in [-0.39, 0.29) is 24.4 Å². The number of nitrogens with zero attached hydrogens (tertiary/aromatic N) is 2. The Balaban J connectivity index is 1.49. The molecule has 1 N–H and O–H groups in total. The van der Waals surface area contributed by atoms with Gasteiger partial charge in [0, 0.05) is 6.20 Å². The van der Waals surface area contributed by atoms with Gasteiger partial charge in [0.2, 0.25) is 11.8 Å². The molecule has 128 valence electrons. The van der Waals surface area contributed by atoms with Crippen molar-refractivity contribution in [2.24, 2.45) is 0 Å². The molecule has 0 bridgehead atoms. The van der Waals surface area contributed by atoms with Crippen LogP contribution in [0.25, 0.3) is 0 Å². The highest BCUT2D eigenvalue weighted by Crippen LogP contribution is 2.33. The Bertz CT molecular complexity index is 824. The molecule has 0 fully saturated rings. The first-order valence-electron chi connectivity index (χ1n) is 8.48. The molecule has 2 aliphatic rings. The van der Waals surface area contributed by atoms with E-state index in [1.807, 2.05) is 18.2 Å². The molecule has 4 rings (SSSR count). The number of fused-ring (bicyclic) bond motifs is 2. The van der Waals surface area contributed by atoms with E-state index in [0.717, 1.165) is 30.0 Å². The molecule has 1 aromatic heterocycles. The molecule has 0 spiro atoms. The Labute approximate surface area is 150 Å². The monoisotopic (exact) mass is 353 g/mol. The summed E-state index contributed by atoms with van der Waals surface area (Å²) in [6.07, 6.45) is 4.76. The number of anilines is 1. The lowest BCUT2D eigenvalue weighted by Crippen LogP contribution is -2.44. The number of nitrogens with one attached hydrogen (secondary N) is 1. The highest BCUT2D eigenvalue weighted by molar-refractivity contribution is 8.00. The number of aryl methyl sites for hydroxylation is 1. The van der Waals surface area contributed by atoms with Gasteiger partial charge in [-0.25, -0.2) is 4.98 Å². The number of rotatable bonds is 3. The predicted molar refractivity (Wildman–Crippen MR) is 97.6 cm³/mol. The van der Waals surface area contributed by atoms with Gasteiger partial charge in [-0.3, -0.25) is 14.5 Å². The molecule has 2 aromatic rings. The fraction of sp³-hybridized carbons (Fsp3) is 0.316. The SMILES string of the molecule is O=C(CN1C(=O)CSc2ncccc21)NC1CCCc2ccccc21. The van der Waals surface area contributed by atoms with E-state index < -0.39 is 0 Å². The van der Waals surface area contributed by atoms with E-state index >= 15 is 0 Å². The second-order valence-electron chi connectivity index (χ2n) is 6.31. The molecule has 2 heterocycles. The van der Waals surface area contributed by atoms with Gasteiger partial charge in [0.25, 0.3) is 0 Å². The van der Waals surface area contributed by atoms with Crippen molar-refractivity contribution in [2.75, 3.05) is 17.2 Å². The quantitative estimate of drug-likeness (QED) is 0.922. The zero-order valence-corrected chi connectivity index (χ0v) is 14.6. The van der Waals surface area contributed by atoms with Gasteiger partial charge in [-0.15, -0.1) is 0 Å². The van der Waals surface area contributed by atoms with Crippen LogP contribution in [0.5, 0.6) is 0 Å². The van der Waals surface area contributed by atoms with Crippen LogP contribution in [-0.4, -0.2) is 29.1 Å². The number of hydrogen-bond acceptors (Lipinski definition) is 4. The molecule has 1 unspecified atom stereocenters. The van der Waals surface area contributed by atoms with Crippen LogP contribution in [0.3, 0.4) is 0 Å². The maximum atomic E-state index is 12.6. The second-order valence-corrected chi connectivity index (χ2v) is 7.27. The Morgan fingerprint density at radius 3 is 3.08 bits per heavy atom. The second kappa shape index (κ2) is 6.88. The average molecular weight is 353 g/mol. The summed E-state index contributed by atoms with van der Waals surface area (Å²) in [5, 5.41) is 3.92. The van der Waals surface area contributed by atoms with E-state index in [9.17, 15) is 9.59 Å². The standard InChI is InChI=1S/C19H19N3O2S/c23-17(21-15-8-3-6-13-5-1-2-7-14(13)15)11-22-16-9-4-10-20-19(16)25-12-18(22)24/h1-2,4-5,7,9-10,15H,3,6,8,11-12H2,(H,21,23). The lowest BCUT2D eigenvalue weighted by molar-refractivity contribution is -0.123. The molecule has 0 radical (unpaired) electrons. The summed E-state index contributed by atoms with van der Waals surface area (Å²) in [5.74, 6) is 0.144. The lowest BCUT2D eigenvalue weighted by atomic mass is 9.88. The van der Waals surface area contributed by atoms with E-state index in [0.29, 0.717) is 5.75 Å². The van der Waals surface area contributed by atoms with Crippen LogP contribution in [-0.2, 0) is 16.0 Å². The third kappa shape index (κ3) is 3.26. The highest BCUT2D eigenvalue weighted by Gasteiger charge is 2.28. The summed E-state index contributed by atoms with van der Waals surface area (Å²) in [5.41, 5.74) is 3.23. The molecular formula is C19H19N3O2S.